The minimum Gasteiger partial charge on any atom is -0.396 e. The van der Waals surface area contributed by atoms with Crippen LogP contribution < -0.4 is 16.1 Å². The molecule has 3 aromatic rings. The second kappa shape index (κ2) is 8.87. The Balaban J connectivity index is 2.20. The number of ketones is 1. The average molecular weight is 520 g/mol. The van der Waals surface area contributed by atoms with Crippen molar-refractivity contribution in [2.24, 2.45) is 0 Å². The van der Waals surface area contributed by atoms with Crippen LogP contribution in [0.15, 0.2) is 27.6 Å². The standard InChI is InChI=1S/C24H24BrF2N3O3/c1-3-5-18(32)14-10-30(17-9-16(28)15(26)8-13(17)11-31)22-19(24(14)33)12(2)21(27)23(20(22)25)29-6-4-7-29/h8-10,31H,3-7,11,28H2,1-2H3. The maximum absolute atomic E-state index is 15.5. The highest BCUT2D eigenvalue weighted by molar-refractivity contribution is 9.10. The van der Waals surface area contributed by atoms with Gasteiger partial charge >= 0.3 is 0 Å². The Bertz CT molecular complexity index is 1350. The number of carbonyl (C=O) groups is 1. The van der Waals surface area contributed by atoms with Crippen LogP contribution in [-0.4, -0.2) is 28.5 Å². The van der Waals surface area contributed by atoms with Crippen LogP contribution in [0.25, 0.3) is 16.6 Å². The lowest BCUT2D eigenvalue weighted by Gasteiger charge is -2.35. The highest BCUT2D eigenvalue weighted by Gasteiger charge is 2.29. The van der Waals surface area contributed by atoms with Gasteiger partial charge in [-0.15, -0.1) is 0 Å². The van der Waals surface area contributed by atoms with Crippen LogP contribution in [0.4, 0.5) is 20.2 Å². The molecule has 9 heteroatoms. The van der Waals surface area contributed by atoms with Gasteiger partial charge in [-0.2, -0.15) is 0 Å². The Labute approximate surface area is 197 Å². The van der Waals surface area contributed by atoms with Gasteiger partial charge in [0.15, 0.2) is 11.6 Å². The Morgan fingerprint density at radius 1 is 1.27 bits per heavy atom. The molecular weight excluding hydrogens is 496 g/mol. The van der Waals surface area contributed by atoms with Gasteiger partial charge in [0.25, 0.3) is 0 Å². The van der Waals surface area contributed by atoms with Crippen molar-refractivity contribution in [3.8, 4) is 5.69 Å². The predicted molar refractivity (Wildman–Crippen MR) is 128 cm³/mol. The van der Waals surface area contributed by atoms with Crippen LogP contribution in [0.5, 0.6) is 0 Å². The summed E-state index contributed by atoms with van der Waals surface area (Å²) in [4.78, 5) is 28.1. The Hall–Kier alpha value is -2.78. The van der Waals surface area contributed by atoms with E-state index in [1.807, 2.05) is 11.8 Å². The van der Waals surface area contributed by atoms with E-state index in [0.29, 0.717) is 40.9 Å². The summed E-state index contributed by atoms with van der Waals surface area (Å²) in [7, 11) is 0. The van der Waals surface area contributed by atoms with E-state index >= 15 is 4.39 Å². The van der Waals surface area contributed by atoms with Crippen LogP contribution in [0.1, 0.15) is 47.7 Å². The van der Waals surface area contributed by atoms with E-state index in [0.717, 1.165) is 12.5 Å². The molecule has 0 spiro atoms. The molecule has 0 saturated carbocycles. The lowest BCUT2D eigenvalue weighted by molar-refractivity contribution is 0.0980. The lowest BCUT2D eigenvalue weighted by atomic mass is 9.99. The van der Waals surface area contributed by atoms with Gasteiger partial charge in [-0.25, -0.2) is 8.78 Å². The summed E-state index contributed by atoms with van der Waals surface area (Å²) >= 11 is 3.50. The first-order chi connectivity index (χ1) is 15.7. The van der Waals surface area contributed by atoms with E-state index in [1.165, 1.54) is 23.8 Å². The van der Waals surface area contributed by atoms with E-state index in [4.69, 9.17) is 5.73 Å². The first-order valence-electron chi connectivity index (χ1n) is 10.7. The maximum Gasteiger partial charge on any atom is 0.200 e. The lowest BCUT2D eigenvalue weighted by Crippen LogP contribution is -2.38. The summed E-state index contributed by atoms with van der Waals surface area (Å²) in [5.74, 6) is -1.60. The smallest absolute Gasteiger partial charge is 0.200 e. The van der Waals surface area contributed by atoms with E-state index in [-0.39, 0.29) is 40.0 Å². The highest BCUT2D eigenvalue weighted by Crippen LogP contribution is 2.41. The molecule has 1 aliphatic heterocycles. The number of benzene rings is 2. The number of aliphatic hydroxyl groups excluding tert-OH is 1. The van der Waals surface area contributed by atoms with Gasteiger partial charge in [-0.1, -0.05) is 6.92 Å². The van der Waals surface area contributed by atoms with Gasteiger partial charge in [0, 0.05) is 36.8 Å². The van der Waals surface area contributed by atoms with Crippen LogP contribution >= 0.6 is 15.9 Å². The molecule has 2 aromatic carbocycles. The second-order valence-electron chi connectivity index (χ2n) is 8.24. The van der Waals surface area contributed by atoms with Crippen LogP contribution in [-0.2, 0) is 6.61 Å². The summed E-state index contributed by atoms with van der Waals surface area (Å²) < 4.78 is 31.5. The molecule has 2 heterocycles. The summed E-state index contributed by atoms with van der Waals surface area (Å²) in [6.45, 7) is 4.17. The minimum atomic E-state index is -0.696. The van der Waals surface area contributed by atoms with Crippen LogP contribution in [0.2, 0.25) is 0 Å². The number of nitrogens with two attached hydrogens (primary N) is 1. The quantitative estimate of drug-likeness (QED) is 0.366. The first-order valence-corrected chi connectivity index (χ1v) is 11.5. The van der Waals surface area contributed by atoms with Crippen LogP contribution in [0, 0.1) is 18.6 Å². The van der Waals surface area contributed by atoms with Gasteiger partial charge in [-0.05, 0) is 47.8 Å². The van der Waals surface area contributed by atoms with Gasteiger partial charge in [0.1, 0.15) is 5.82 Å². The fraction of sp³-hybridized carbons (Fsp3) is 0.333. The molecule has 1 aromatic heterocycles. The number of anilines is 2. The highest BCUT2D eigenvalue weighted by atomic mass is 79.9. The van der Waals surface area contributed by atoms with Gasteiger partial charge in [-0.3, -0.25) is 9.59 Å². The number of fused-ring (bicyclic) bond motifs is 1. The number of halogens is 3. The monoisotopic (exact) mass is 519 g/mol. The molecule has 0 unspecified atom stereocenters. The largest absolute Gasteiger partial charge is 0.396 e. The molecule has 0 aliphatic carbocycles. The number of nitrogen functional groups attached to an aromatic ring is 1. The molecule has 1 aliphatic rings. The molecule has 1 fully saturated rings. The molecule has 0 radical (unpaired) electrons. The number of carbonyl (C=O) groups excluding carboxylic acids is 1. The van der Waals surface area contributed by atoms with Crippen molar-refractivity contribution in [1.82, 2.24) is 4.57 Å². The molecule has 3 N–H and O–H groups in total. The number of aromatic nitrogens is 1. The molecule has 33 heavy (non-hydrogen) atoms. The maximum atomic E-state index is 15.5. The SMILES string of the molecule is CCCC(=O)c1cn(-c2cc(N)c(F)cc2CO)c2c(Br)c(N3CCC3)c(F)c(C)c2c1=O. The van der Waals surface area contributed by atoms with Crippen molar-refractivity contribution in [2.45, 2.75) is 39.7 Å². The van der Waals surface area contributed by atoms with Crippen molar-refractivity contribution in [1.29, 1.82) is 0 Å². The van der Waals surface area contributed by atoms with E-state index in [2.05, 4.69) is 15.9 Å². The Kier molecular flexibility index (Phi) is 6.28. The normalized spacial score (nSPS) is 13.5. The van der Waals surface area contributed by atoms with Crippen molar-refractivity contribution in [3.05, 3.63) is 61.4 Å². The van der Waals surface area contributed by atoms with E-state index in [1.54, 1.807) is 0 Å². The summed E-state index contributed by atoms with van der Waals surface area (Å²) in [5.41, 5.74) is 6.29. The molecule has 0 atom stereocenters. The van der Waals surface area contributed by atoms with Crippen LogP contribution in [0.3, 0.4) is 0 Å². The van der Waals surface area contributed by atoms with Gasteiger partial charge < -0.3 is 20.3 Å². The third-order valence-electron chi connectivity index (χ3n) is 6.11. The van der Waals surface area contributed by atoms with Gasteiger partial charge in [0.05, 0.1) is 44.6 Å². The Morgan fingerprint density at radius 2 is 1.97 bits per heavy atom. The second-order valence-corrected chi connectivity index (χ2v) is 9.03. The van der Waals surface area contributed by atoms with Crippen molar-refractivity contribution >= 4 is 44.0 Å². The van der Waals surface area contributed by atoms with Crippen molar-refractivity contribution in [3.63, 3.8) is 0 Å². The average Bonchev–Trinajstić information content (AvgIpc) is 2.75. The number of hydrogen-bond acceptors (Lipinski definition) is 5. The number of aliphatic hydroxyl groups is 1. The number of aryl methyl sites for hydroxylation is 1. The number of rotatable bonds is 6. The number of nitrogens with zero attached hydrogens (tertiary/aromatic N) is 2. The number of hydrogen-bond donors (Lipinski definition) is 2. The summed E-state index contributed by atoms with van der Waals surface area (Å²) in [5, 5.41) is 9.97. The first kappa shape index (κ1) is 23.4. The van der Waals surface area contributed by atoms with Crippen molar-refractivity contribution < 1.29 is 18.7 Å². The van der Waals surface area contributed by atoms with E-state index < -0.39 is 23.7 Å². The zero-order valence-electron chi connectivity index (χ0n) is 18.3. The van der Waals surface area contributed by atoms with Crippen molar-refractivity contribution in [2.75, 3.05) is 23.7 Å². The molecule has 174 valence electrons. The zero-order chi connectivity index (χ0) is 24.0. The predicted octanol–water partition coefficient (Wildman–Crippen LogP) is 4.61. The fourth-order valence-corrected chi connectivity index (χ4v) is 5.03. The van der Waals surface area contributed by atoms with E-state index in [9.17, 15) is 19.1 Å². The number of Topliss-reactive ketones (excluding diaryl/α,β-unsaturated/α-hetero) is 1. The molecule has 0 amide bonds. The zero-order valence-corrected chi connectivity index (χ0v) is 19.9. The molecule has 1 saturated heterocycles. The molecule has 4 rings (SSSR count). The summed E-state index contributed by atoms with van der Waals surface area (Å²) in [6.07, 6.45) is 2.99. The van der Waals surface area contributed by atoms with Gasteiger partial charge in [0.2, 0.25) is 5.43 Å². The molecular formula is C24H24BrF2N3O3. The number of pyridine rings is 1. The molecule has 6 nitrogen and oxygen atoms in total. The minimum absolute atomic E-state index is 0.0531. The third kappa shape index (κ3) is 3.73. The topological polar surface area (TPSA) is 88.6 Å². The molecule has 0 bridgehead atoms. The Morgan fingerprint density at radius 3 is 2.55 bits per heavy atom. The third-order valence-corrected chi connectivity index (χ3v) is 6.86. The summed E-state index contributed by atoms with van der Waals surface area (Å²) in [6, 6.07) is 2.45. The fourth-order valence-electron chi connectivity index (χ4n) is 4.21.